The van der Waals surface area contributed by atoms with Gasteiger partial charge in [-0.3, -0.25) is 4.79 Å². The fourth-order valence-electron chi connectivity index (χ4n) is 2.89. The van der Waals surface area contributed by atoms with Gasteiger partial charge in [-0.1, -0.05) is 50.2 Å². The van der Waals surface area contributed by atoms with Crippen molar-refractivity contribution in [3.8, 4) is 0 Å². The lowest BCUT2D eigenvalue weighted by molar-refractivity contribution is -0.116. The van der Waals surface area contributed by atoms with Crippen LogP contribution in [-0.2, 0) is 4.79 Å². The Balaban J connectivity index is 2.01. The molecule has 1 N–H and O–H groups in total. The van der Waals surface area contributed by atoms with Crippen LogP contribution in [0.5, 0.6) is 0 Å². The van der Waals surface area contributed by atoms with Crippen LogP contribution in [0.15, 0.2) is 48.5 Å². The molecule has 0 heterocycles. The molecule has 2 rings (SSSR count). The predicted molar refractivity (Wildman–Crippen MR) is 103 cm³/mol. The topological polar surface area (TPSA) is 32.3 Å². The number of anilines is 2. The molecule has 0 aliphatic heterocycles. The molecule has 3 heteroatoms. The van der Waals surface area contributed by atoms with Gasteiger partial charge in [-0.15, -0.1) is 0 Å². The van der Waals surface area contributed by atoms with E-state index in [0.29, 0.717) is 12.3 Å². The minimum Gasteiger partial charge on any atom is -0.371 e. The molecule has 0 fully saturated rings. The van der Waals surface area contributed by atoms with Crippen LogP contribution in [0, 0.1) is 6.92 Å². The predicted octanol–water partition coefficient (Wildman–Crippen LogP) is 4.97. The van der Waals surface area contributed by atoms with Gasteiger partial charge in [-0.2, -0.15) is 0 Å². The lowest BCUT2D eigenvalue weighted by Gasteiger charge is -2.23. The minimum absolute atomic E-state index is 0.0700. The van der Waals surface area contributed by atoms with Crippen molar-refractivity contribution in [3.63, 3.8) is 0 Å². The summed E-state index contributed by atoms with van der Waals surface area (Å²) in [7, 11) is 0. The van der Waals surface area contributed by atoms with Crippen LogP contribution < -0.4 is 10.2 Å². The number of para-hydroxylation sites is 2. The Labute approximate surface area is 145 Å². The molecule has 0 saturated carbocycles. The summed E-state index contributed by atoms with van der Waals surface area (Å²) in [4.78, 5) is 14.7. The van der Waals surface area contributed by atoms with Crippen molar-refractivity contribution in [2.45, 2.75) is 40.0 Å². The molecule has 0 radical (unpaired) electrons. The molecule has 0 atom stereocenters. The van der Waals surface area contributed by atoms with Crippen molar-refractivity contribution in [1.82, 2.24) is 0 Å². The fraction of sp³-hybridized carbons (Fsp3) is 0.381. The summed E-state index contributed by atoms with van der Waals surface area (Å²) in [6.45, 7) is 10.1. The summed E-state index contributed by atoms with van der Waals surface area (Å²) in [5, 5.41) is 3.13. The lowest BCUT2D eigenvalue weighted by atomic mass is 9.98. The van der Waals surface area contributed by atoms with Crippen LogP contribution in [0.25, 0.3) is 0 Å². The van der Waals surface area contributed by atoms with Crippen molar-refractivity contribution < 1.29 is 4.79 Å². The van der Waals surface area contributed by atoms with E-state index in [1.54, 1.807) is 0 Å². The van der Waals surface area contributed by atoms with Crippen LogP contribution >= 0.6 is 0 Å². The Kier molecular flexibility index (Phi) is 6.42. The molecule has 1 amide bonds. The van der Waals surface area contributed by atoms with Crippen LogP contribution in [0.3, 0.4) is 0 Å². The monoisotopic (exact) mass is 324 g/mol. The summed E-state index contributed by atoms with van der Waals surface area (Å²) >= 11 is 0. The average molecular weight is 324 g/mol. The molecule has 0 aliphatic rings. The summed E-state index contributed by atoms with van der Waals surface area (Å²) in [5.41, 5.74) is 4.44. The first-order valence-electron chi connectivity index (χ1n) is 8.72. The van der Waals surface area contributed by atoms with Crippen molar-refractivity contribution in [2.24, 2.45) is 0 Å². The maximum atomic E-state index is 12.5. The normalized spacial score (nSPS) is 10.7. The van der Waals surface area contributed by atoms with Crippen LogP contribution in [0.4, 0.5) is 11.4 Å². The number of hydrogen-bond donors (Lipinski definition) is 1. The van der Waals surface area contributed by atoms with Crippen LogP contribution in [0.1, 0.15) is 44.2 Å². The average Bonchev–Trinajstić information content (AvgIpc) is 2.58. The molecule has 2 aromatic rings. The third kappa shape index (κ3) is 4.60. The van der Waals surface area contributed by atoms with Gasteiger partial charge in [-0.25, -0.2) is 0 Å². The second kappa shape index (κ2) is 8.53. The van der Waals surface area contributed by atoms with E-state index < -0.39 is 0 Å². The molecule has 0 bridgehead atoms. The van der Waals surface area contributed by atoms with Gasteiger partial charge in [0.05, 0.1) is 0 Å². The number of aryl methyl sites for hydroxylation is 1. The maximum Gasteiger partial charge on any atom is 0.226 e. The van der Waals surface area contributed by atoms with Crippen molar-refractivity contribution in [1.29, 1.82) is 0 Å². The quantitative estimate of drug-likeness (QED) is 0.779. The third-order valence-electron chi connectivity index (χ3n) is 4.30. The Bertz CT molecular complexity index is 665. The van der Waals surface area contributed by atoms with Gasteiger partial charge in [0.25, 0.3) is 0 Å². The highest BCUT2D eigenvalue weighted by Crippen LogP contribution is 2.27. The van der Waals surface area contributed by atoms with E-state index in [1.807, 2.05) is 31.2 Å². The van der Waals surface area contributed by atoms with Gasteiger partial charge in [0.15, 0.2) is 0 Å². The molecule has 3 nitrogen and oxygen atoms in total. The minimum atomic E-state index is 0.0700. The van der Waals surface area contributed by atoms with Crippen molar-refractivity contribution in [3.05, 3.63) is 59.7 Å². The maximum absolute atomic E-state index is 12.5. The largest absolute Gasteiger partial charge is 0.371 e. The first kappa shape index (κ1) is 18.1. The molecule has 0 saturated heterocycles. The Morgan fingerprint density at radius 1 is 1.08 bits per heavy atom. The molecule has 24 heavy (non-hydrogen) atoms. The zero-order chi connectivity index (χ0) is 17.5. The van der Waals surface area contributed by atoms with Crippen molar-refractivity contribution >= 4 is 17.3 Å². The van der Waals surface area contributed by atoms with Gasteiger partial charge >= 0.3 is 0 Å². The fourth-order valence-corrected chi connectivity index (χ4v) is 2.89. The Hall–Kier alpha value is -2.29. The van der Waals surface area contributed by atoms with E-state index in [4.69, 9.17) is 0 Å². The first-order chi connectivity index (χ1) is 11.5. The molecule has 0 unspecified atom stereocenters. The zero-order valence-corrected chi connectivity index (χ0v) is 15.2. The van der Waals surface area contributed by atoms with Crippen LogP contribution in [-0.4, -0.2) is 19.0 Å². The molecular weight excluding hydrogens is 296 g/mol. The van der Waals surface area contributed by atoms with Gasteiger partial charge in [0.2, 0.25) is 5.91 Å². The van der Waals surface area contributed by atoms with E-state index in [0.717, 1.165) is 30.0 Å². The molecule has 128 valence electrons. The Morgan fingerprint density at radius 3 is 2.42 bits per heavy atom. The summed E-state index contributed by atoms with van der Waals surface area (Å²) in [6.07, 6.45) is 0.481. The number of amides is 1. The molecule has 0 aromatic heterocycles. The van der Waals surface area contributed by atoms with E-state index in [-0.39, 0.29) is 5.91 Å². The number of benzene rings is 2. The van der Waals surface area contributed by atoms with E-state index in [9.17, 15) is 4.79 Å². The zero-order valence-electron chi connectivity index (χ0n) is 15.2. The second-order valence-corrected chi connectivity index (χ2v) is 6.41. The number of nitrogens with one attached hydrogen (secondary N) is 1. The second-order valence-electron chi connectivity index (χ2n) is 6.41. The van der Waals surface area contributed by atoms with Gasteiger partial charge in [-0.05, 0) is 43.0 Å². The number of hydrogen-bond acceptors (Lipinski definition) is 2. The number of nitrogens with zero attached hydrogens (tertiary/aromatic N) is 1. The highest BCUT2D eigenvalue weighted by Gasteiger charge is 2.13. The first-order valence-corrected chi connectivity index (χ1v) is 8.72. The van der Waals surface area contributed by atoms with E-state index >= 15 is 0 Å². The van der Waals surface area contributed by atoms with Gasteiger partial charge < -0.3 is 10.2 Å². The van der Waals surface area contributed by atoms with E-state index in [2.05, 4.69) is 55.3 Å². The molecular formula is C21H28N2O. The molecule has 0 spiro atoms. The number of carbonyl (C=O) groups is 1. The van der Waals surface area contributed by atoms with Gasteiger partial charge in [0, 0.05) is 30.9 Å². The number of carbonyl (C=O) groups excluding carboxylic acids is 1. The summed E-state index contributed by atoms with van der Waals surface area (Å²) < 4.78 is 0. The molecule has 2 aromatic carbocycles. The summed E-state index contributed by atoms with van der Waals surface area (Å²) in [5.74, 6) is 0.456. The SMILES string of the molecule is CCN(CCC(=O)Nc1c(C)cccc1C(C)C)c1ccccc1. The highest BCUT2D eigenvalue weighted by molar-refractivity contribution is 5.92. The smallest absolute Gasteiger partial charge is 0.226 e. The summed E-state index contributed by atoms with van der Waals surface area (Å²) in [6, 6.07) is 16.4. The highest BCUT2D eigenvalue weighted by atomic mass is 16.1. The van der Waals surface area contributed by atoms with E-state index in [1.165, 1.54) is 5.56 Å². The Morgan fingerprint density at radius 2 is 1.79 bits per heavy atom. The molecule has 0 aliphatic carbocycles. The van der Waals surface area contributed by atoms with Gasteiger partial charge in [0.1, 0.15) is 0 Å². The third-order valence-corrected chi connectivity index (χ3v) is 4.30. The number of rotatable bonds is 7. The lowest BCUT2D eigenvalue weighted by Crippen LogP contribution is -2.27. The van der Waals surface area contributed by atoms with Crippen LogP contribution in [0.2, 0.25) is 0 Å². The standard InChI is InChI=1S/C21H28N2O/c1-5-23(18-11-7-6-8-12-18)15-14-20(24)22-21-17(4)10-9-13-19(21)16(2)3/h6-13,16H,5,14-15H2,1-4H3,(H,22,24). The van der Waals surface area contributed by atoms with Crippen molar-refractivity contribution in [2.75, 3.05) is 23.3 Å².